The average molecular weight is 517 g/mol. The number of anilines is 2. The number of ether oxygens (including phenoxy) is 1. The highest BCUT2D eigenvalue weighted by Crippen LogP contribution is 2.31. The first-order valence-electron chi connectivity index (χ1n) is 14.1. The molecule has 9 heteroatoms. The van der Waals surface area contributed by atoms with Gasteiger partial charge in [0.1, 0.15) is 11.9 Å². The zero-order chi connectivity index (χ0) is 26.2. The second-order valence-electron chi connectivity index (χ2n) is 10.5. The Kier molecular flexibility index (Phi) is 9.63. The van der Waals surface area contributed by atoms with Gasteiger partial charge in [-0.05, 0) is 64.0 Å². The SMILES string of the molecule is CCOC(=O)C1CCCCN1C(=O)CNC(=O)c1cc(F)c(NC2CCCCC2)cc1NC1CCCC1. The van der Waals surface area contributed by atoms with Gasteiger partial charge in [-0.2, -0.15) is 0 Å². The third kappa shape index (κ3) is 7.14. The van der Waals surface area contributed by atoms with Crippen molar-refractivity contribution in [3.63, 3.8) is 0 Å². The molecule has 3 aliphatic rings. The van der Waals surface area contributed by atoms with Gasteiger partial charge in [0.25, 0.3) is 5.91 Å². The molecule has 2 saturated carbocycles. The predicted molar refractivity (Wildman–Crippen MR) is 141 cm³/mol. The quantitative estimate of drug-likeness (QED) is 0.415. The highest BCUT2D eigenvalue weighted by atomic mass is 19.1. The van der Waals surface area contributed by atoms with Gasteiger partial charge in [-0.25, -0.2) is 9.18 Å². The zero-order valence-corrected chi connectivity index (χ0v) is 22.0. The molecule has 0 bridgehead atoms. The number of piperidine rings is 1. The van der Waals surface area contributed by atoms with Crippen molar-refractivity contribution in [2.75, 3.05) is 30.3 Å². The summed E-state index contributed by atoms with van der Waals surface area (Å²) in [5.74, 6) is -1.74. The number of hydrogen-bond acceptors (Lipinski definition) is 6. The van der Waals surface area contributed by atoms with Gasteiger partial charge in [0.2, 0.25) is 5.91 Å². The van der Waals surface area contributed by atoms with Gasteiger partial charge < -0.3 is 25.6 Å². The van der Waals surface area contributed by atoms with Crippen LogP contribution in [-0.4, -0.2) is 60.5 Å². The van der Waals surface area contributed by atoms with E-state index in [4.69, 9.17) is 4.74 Å². The molecule has 1 heterocycles. The maximum absolute atomic E-state index is 15.2. The number of esters is 1. The van der Waals surface area contributed by atoms with Gasteiger partial charge in [-0.3, -0.25) is 9.59 Å². The van der Waals surface area contributed by atoms with Gasteiger partial charge in [-0.1, -0.05) is 32.1 Å². The molecule has 1 saturated heterocycles. The molecule has 3 N–H and O–H groups in total. The molecule has 204 valence electrons. The molecule has 37 heavy (non-hydrogen) atoms. The van der Waals surface area contributed by atoms with Crippen LogP contribution in [0.15, 0.2) is 12.1 Å². The zero-order valence-electron chi connectivity index (χ0n) is 22.0. The second-order valence-corrected chi connectivity index (χ2v) is 10.5. The van der Waals surface area contributed by atoms with Gasteiger partial charge in [-0.15, -0.1) is 0 Å². The number of nitrogens with zero attached hydrogens (tertiary/aromatic N) is 1. The summed E-state index contributed by atoms with van der Waals surface area (Å²) in [5, 5.41) is 9.48. The third-order valence-corrected chi connectivity index (χ3v) is 7.81. The molecule has 8 nitrogen and oxygen atoms in total. The first-order chi connectivity index (χ1) is 18.0. The van der Waals surface area contributed by atoms with Crippen LogP contribution in [0, 0.1) is 5.82 Å². The van der Waals surface area contributed by atoms with Crippen molar-refractivity contribution < 1.29 is 23.5 Å². The number of hydrogen-bond donors (Lipinski definition) is 3. The van der Waals surface area contributed by atoms with Crippen LogP contribution in [0.2, 0.25) is 0 Å². The number of benzene rings is 1. The van der Waals surface area contributed by atoms with Gasteiger partial charge in [0, 0.05) is 24.3 Å². The number of carbonyl (C=O) groups excluding carboxylic acids is 3. The van der Waals surface area contributed by atoms with Crippen molar-refractivity contribution in [3.05, 3.63) is 23.5 Å². The molecule has 3 fully saturated rings. The molecule has 1 unspecified atom stereocenters. The van der Waals surface area contributed by atoms with E-state index in [1.165, 1.54) is 17.4 Å². The molecule has 4 rings (SSSR count). The van der Waals surface area contributed by atoms with Crippen molar-refractivity contribution in [2.45, 2.75) is 102 Å². The molecule has 1 aliphatic heterocycles. The molecule has 0 spiro atoms. The van der Waals surface area contributed by atoms with E-state index in [1.807, 2.05) is 0 Å². The van der Waals surface area contributed by atoms with Crippen LogP contribution < -0.4 is 16.0 Å². The van der Waals surface area contributed by atoms with Crippen molar-refractivity contribution in [1.29, 1.82) is 0 Å². The standard InChI is InChI=1S/C28H41FN4O4/c1-2-37-28(36)25-14-8-9-15-33(25)26(34)18-30-27(35)21-16-22(29)24(32-20-10-4-3-5-11-20)17-23(21)31-19-12-6-7-13-19/h16-17,19-20,25,31-32H,2-15,18H2,1H3,(H,30,35). The van der Waals surface area contributed by atoms with E-state index in [2.05, 4.69) is 16.0 Å². The van der Waals surface area contributed by atoms with Crippen LogP contribution in [0.5, 0.6) is 0 Å². The van der Waals surface area contributed by atoms with Crippen LogP contribution in [0.3, 0.4) is 0 Å². The number of carbonyl (C=O) groups is 3. The van der Waals surface area contributed by atoms with Gasteiger partial charge in [0.15, 0.2) is 0 Å². The fourth-order valence-electron chi connectivity index (χ4n) is 5.81. The van der Waals surface area contributed by atoms with Crippen LogP contribution in [0.4, 0.5) is 15.8 Å². The Bertz CT molecular complexity index is 960. The minimum atomic E-state index is -0.625. The molecule has 2 aliphatic carbocycles. The number of amides is 2. The van der Waals surface area contributed by atoms with Crippen molar-refractivity contribution >= 4 is 29.2 Å². The third-order valence-electron chi connectivity index (χ3n) is 7.81. The molecule has 1 aromatic carbocycles. The fraction of sp³-hybridized carbons (Fsp3) is 0.679. The number of rotatable bonds is 9. The maximum atomic E-state index is 15.2. The van der Waals surface area contributed by atoms with E-state index in [-0.39, 0.29) is 36.7 Å². The molecule has 1 atom stereocenters. The molecular weight excluding hydrogens is 475 g/mol. The van der Waals surface area contributed by atoms with Crippen LogP contribution in [0.1, 0.15) is 94.3 Å². The van der Waals surface area contributed by atoms with E-state index in [1.54, 1.807) is 13.0 Å². The van der Waals surface area contributed by atoms with E-state index in [0.29, 0.717) is 24.3 Å². The maximum Gasteiger partial charge on any atom is 0.328 e. The molecular formula is C28H41FN4O4. The Morgan fingerprint density at radius 3 is 2.19 bits per heavy atom. The van der Waals surface area contributed by atoms with Crippen molar-refractivity contribution in [2.24, 2.45) is 0 Å². The Labute approximate surface area is 219 Å². The highest BCUT2D eigenvalue weighted by molar-refractivity contribution is 6.02. The lowest BCUT2D eigenvalue weighted by atomic mass is 9.95. The van der Waals surface area contributed by atoms with E-state index < -0.39 is 23.7 Å². The van der Waals surface area contributed by atoms with Crippen LogP contribution >= 0.6 is 0 Å². The predicted octanol–water partition coefficient (Wildman–Crippen LogP) is 4.60. The van der Waals surface area contributed by atoms with Crippen LogP contribution in [-0.2, 0) is 14.3 Å². The Balaban J connectivity index is 1.46. The van der Waals surface area contributed by atoms with E-state index in [9.17, 15) is 14.4 Å². The van der Waals surface area contributed by atoms with Crippen molar-refractivity contribution in [1.82, 2.24) is 10.2 Å². The average Bonchev–Trinajstić information content (AvgIpc) is 3.42. The summed E-state index contributed by atoms with van der Waals surface area (Å²) < 4.78 is 20.3. The number of nitrogens with one attached hydrogen (secondary N) is 3. The number of halogens is 1. The smallest absolute Gasteiger partial charge is 0.328 e. The Hall–Kier alpha value is -2.84. The lowest BCUT2D eigenvalue weighted by molar-refractivity contribution is -0.156. The monoisotopic (exact) mass is 516 g/mol. The normalized spacial score (nSPS) is 20.9. The largest absolute Gasteiger partial charge is 0.464 e. The summed E-state index contributed by atoms with van der Waals surface area (Å²) in [5.41, 5.74) is 1.18. The van der Waals surface area contributed by atoms with E-state index >= 15 is 4.39 Å². The lowest BCUT2D eigenvalue weighted by Crippen LogP contribution is -2.51. The van der Waals surface area contributed by atoms with Crippen LogP contribution in [0.25, 0.3) is 0 Å². The number of likely N-dealkylation sites (tertiary alicyclic amines) is 1. The topological polar surface area (TPSA) is 99.8 Å². The van der Waals surface area contributed by atoms with Crippen molar-refractivity contribution in [3.8, 4) is 0 Å². The minimum Gasteiger partial charge on any atom is -0.464 e. The Morgan fingerprint density at radius 1 is 0.892 bits per heavy atom. The summed E-state index contributed by atoms with van der Waals surface area (Å²) in [4.78, 5) is 40.0. The molecule has 0 aromatic heterocycles. The first kappa shape index (κ1) is 27.2. The summed E-state index contributed by atoms with van der Waals surface area (Å²) in [6, 6.07) is 2.82. The van der Waals surface area contributed by atoms with Gasteiger partial charge in [0.05, 0.1) is 24.4 Å². The summed E-state index contributed by atoms with van der Waals surface area (Å²) in [6.07, 6.45) is 12.0. The highest BCUT2D eigenvalue weighted by Gasteiger charge is 2.33. The van der Waals surface area contributed by atoms with E-state index in [0.717, 1.165) is 64.2 Å². The fourth-order valence-corrected chi connectivity index (χ4v) is 5.81. The summed E-state index contributed by atoms with van der Waals surface area (Å²) >= 11 is 0. The minimum absolute atomic E-state index is 0.187. The lowest BCUT2D eigenvalue weighted by Gasteiger charge is -2.34. The van der Waals surface area contributed by atoms with Gasteiger partial charge >= 0.3 is 5.97 Å². The first-order valence-corrected chi connectivity index (χ1v) is 14.1. The second kappa shape index (κ2) is 13.1. The molecule has 2 amide bonds. The summed E-state index contributed by atoms with van der Waals surface area (Å²) in [7, 11) is 0. The summed E-state index contributed by atoms with van der Waals surface area (Å²) in [6.45, 7) is 2.17. The molecule has 0 radical (unpaired) electrons. The Morgan fingerprint density at radius 2 is 1.51 bits per heavy atom. The molecule has 1 aromatic rings.